The van der Waals surface area contributed by atoms with Crippen LogP contribution in [0.2, 0.25) is 0 Å². The minimum absolute atomic E-state index is 0.0582. The lowest BCUT2D eigenvalue weighted by Gasteiger charge is -2.17. The van der Waals surface area contributed by atoms with E-state index < -0.39 is 4.92 Å². The minimum Gasteiger partial charge on any atom is -0.367 e. The fourth-order valence-electron chi connectivity index (χ4n) is 2.63. The van der Waals surface area contributed by atoms with Gasteiger partial charge < -0.3 is 10.6 Å². The number of nitro groups is 1. The van der Waals surface area contributed by atoms with Crippen LogP contribution < -0.4 is 10.6 Å². The molecule has 0 saturated carbocycles. The molecule has 1 aliphatic heterocycles. The molecule has 0 aliphatic carbocycles. The monoisotopic (exact) mass is 287 g/mol. The summed E-state index contributed by atoms with van der Waals surface area (Å²) in [7, 11) is 0. The first-order chi connectivity index (χ1) is 10.2. The average Bonchev–Trinajstić information content (AvgIpc) is 2.76. The zero-order valence-corrected chi connectivity index (χ0v) is 11.6. The Morgan fingerprint density at radius 3 is 3.05 bits per heavy atom. The molecule has 1 aromatic carbocycles. The summed E-state index contributed by atoms with van der Waals surface area (Å²) in [6.45, 7) is 2.01. The average molecular weight is 287 g/mol. The van der Waals surface area contributed by atoms with Gasteiger partial charge in [-0.2, -0.15) is 0 Å². The second-order valence-corrected chi connectivity index (χ2v) is 5.20. The van der Waals surface area contributed by atoms with Crippen molar-refractivity contribution in [3.8, 4) is 0 Å². The number of aromatic nitrogens is 2. The highest BCUT2D eigenvalue weighted by Crippen LogP contribution is 2.25. The molecule has 7 nitrogen and oxygen atoms in total. The highest BCUT2D eigenvalue weighted by atomic mass is 16.6. The molecule has 2 N–H and O–H groups in total. The topological polar surface area (TPSA) is 93.0 Å². The Kier molecular flexibility index (Phi) is 3.92. The fraction of sp³-hybridized carbons (Fsp3) is 0.429. The number of anilines is 1. The van der Waals surface area contributed by atoms with Gasteiger partial charge in [-0.1, -0.05) is 0 Å². The van der Waals surface area contributed by atoms with Crippen molar-refractivity contribution in [2.24, 2.45) is 0 Å². The SMILES string of the molecule is O=[N+]([O-])c1ccc2ncnc(NC3CCCNCC3)c2c1. The Morgan fingerprint density at radius 1 is 1.29 bits per heavy atom. The van der Waals surface area contributed by atoms with Crippen molar-refractivity contribution in [3.63, 3.8) is 0 Å². The summed E-state index contributed by atoms with van der Waals surface area (Å²) in [5.74, 6) is 0.676. The van der Waals surface area contributed by atoms with Gasteiger partial charge in [0.25, 0.3) is 5.69 Å². The van der Waals surface area contributed by atoms with Gasteiger partial charge in [0.05, 0.1) is 10.4 Å². The van der Waals surface area contributed by atoms with Gasteiger partial charge in [0.2, 0.25) is 0 Å². The maximum atomic E-state index is 10.9. The van der Waals surface area contributed by atoms with Gasteiger partial charge in [0.15, 0.2) is 0 Å². The summed E-state index contributed by atoms with van der Waals surface area (Å²) in [6, 6.07) is 4.99. The van der Waals surface area contributed by atoms with E-state index in [1.807, 2.05) is 0 Å². The van der Waals surface area contributed by atoms with Crippen LogP contribution in [0.4, 0.5) is 11.5 Å². The van der Waals surface area contributed by atoms with Crippen LogP contribution in [0.3, 0.4) is 0 Å². The van der Waals surface area contributed by atoms with Crippen LogP contribution in [0.25, 0.3) is 10.9 Å². The van der Waals surface area contributed by atoms with Gasteiger partial charge in [-0.3, -0.25) is 10.1 Å². The number of nitrogens with one attached hydrogen (secondary N) is 2. The number of fused-ring (bicyclic) bond motifs is 1. The molecule has 1 atom stereocenters. The fourth-order valence-corrected chi connectivity index (χ4v) is 2.63. The number of rotatable bonds is 3. The maximum Gasteiger partial charge on any atom is 0.270 e. The quantitative estimate of drug-likeness (QED) is 0.663. The van der Waals surface area contributed by atoms with E-state index in [2.05, 4.69) is 20.6 Å². The molecule has 1 saturated heterocycles. The van der Waals surface area contributed by atoms with Crippen molar-refractivity contribution in [1.82, 2.24) is 15.3 Å². The number of nitrogens with zero attached hydrogens (tertiary/aromatic N) is 3. The van der Waals surface area contributed by atoms with Gasteiger partial charge in [-0.05, 0) is 38.4 Å². The summed E-state index contributed by atoms with van der Waals surface area (Å²) in [4.78, 5) is 19.0. The van der Waals surface area contributed by atoms with Crippen LogP contribution in [0.15, 0.2) is 24.5 Å². The number of non-ortho nitro benzene ring substituents is 1. The third-order valence-electron chi connectivity index (χ3n) is 3.75. The Morgan fingerprint density at radius 2 is 2.19 bits per heavy atom. The first kappa shape index (κ1) is 13.7. The lowest BCUT2D eigenvalue weighted by Crippen LogP contribution is -2.22. The number of hydrogen-bond acceptors (Lipinski definition) is 6. The van der Waals surface area contributed by atoms with E-state index in [9.17, 15) is 10.1 Å². The number of benzene rings is 1. The summed E-state index contributed by atoms with van der Waals surface area (Å²) in [6.07, 6.45) is 4.68. The molecule has 1 aromatic heterocycles. The Labute approximate surface area is 121 Å². The van der Waals surface area contributed by atoms with E-state index in [1.165, 1.54) is 18.5 Å². The van der Waals surface area contributed by atoms with Gasteiger partial charge in [-0.25, -0.2) is 9.97 Å². The molecule has 110 valence electrons. The molecule has 1 unspecified atom stereocenters. The smallest absolute Gasteiger partial charge is 0.270 e. The molecule has 21 heavy (non-hydrogen) atoms. The lowest BCUT2D eigenvalue weighted by molar-refractivity contribution is -0.384. The van der Waals surface area contributed by atoms with Crippen LogP contribution in [-0.4, -0.2) is 34.0 Å². The molecule has 0 amide bonds. The zero-order chi connectivity index (χ0) is 14.7. The van der Waals surface area contributed by atoms with Gasteiger partial charge >= 0.3 is 0 Å². The van der Waals surface area contributed by atoms with E-state index >= 15 is 0 Å². The van der Waals surface area contributed by atoms with Crippen LogP contribution >= 0.6 is 0 Å². The minimum atomic E-state index is -0.397. The van der Waals surface area contributed by atoms with Crippen molar-refractivity contribution in [1.29, 1.82) is 0 Å². The Bertz CT molecular complexity index is 653. The van der Waals surface area contributed by atoms with Crippen LogP contribution in [0.1, 0.15) is 19.3 Å². The van der Waals surface area contributed by atoms with Crippen LogP contribution in [0, 0.1) is 10.1 Å². The molecule has 0 spiro atoms. The van der Waals surface area contributed by atoms with Crippen molar-refractivity contribution in [2.75, 3.05) is 18.4 Å². The lowest BCUT2D eigenvalue weighted by atomic mass is 10.1. The van der Waals surface area contributed by atoms with Gasteiger partial charge in [-0.15, -0.1) is 0 Å². The summed E-state index contributed by atoms with van der Waals surface area (Å²) in [5.41, 5.74) is 0.771. The van der Waals surface area contributed by atoms with E-state index in [4.69, 9.17) is 0 Å². The van der Waals surface area contributed by atoms with E-state index in [-0.39, 0.29) is 5.69 Å². The van der Waals surface area contributed by atoms with Crippen molar-refractivity contribution >= 4 is 22.4 Å². The number of hydrogen-bond donors (Lipinski definition) is 2. The maximum absolute atomic E-state index is 10.9. The summed E-state index contributed by atoms with van der Waals surface area (Å²) >= 11 is 0. The third kappa shape index (κ3) is 3.08. The van der Waals surface area contributed by atoms with E-state index in [0.717, 1.165) is 32.4 Å². The molecule has 2 aromatic rings. The van der Waals surface area contributed by atoms with E-state index in [0.29, 0.717) is 22.8 Å². The first-order valence-corrected chi connectivity index (χ1v) is 7.10. The Balaban J connectivity index is 1.93. The highest BCUT2D eigenvalue weighted by molar-refractivity contribution is 5.90. The van der Waals surface area contributed by atoms with Crippen LogP contribution in [0.5, 0.6) is 0 Å². The molecule has 1 fully saturated rings. The summed E-state index contributed by atoms with van der Waals surface area (Å²) in [5, 5.41) is 18.4. The molecular formula is C14H17N5O2. The molecule has 0 bridgehead atoms. The van der Waals surface area contributed by atoms with E-state index in [1.54, 1.807) is 6.07 Å². The van der Waals surface area contributed by atoms with Crippen LogP contribution in [-0.2, 0) is 0 Å². The number of nitro benzene ring substituents is 1. The van der Waals surface area contributed by atoms with Gasteiger partial charge in [0.1, 0.15) is 12.1 Å². The van der Waals surface area contributed by atoms with Crippen molar-refractivity contribution in [3.05, 3.63) is 34.6 Å². The molecule has 0 radical (unpaired) electrons. The second kappa shape index (κ2) is 6.01. The predicted octanol–water partition coefficient (Wildman–Crippen LogP) is 2.09. The molecule has 7 heteroatoms. The molecule has 1 aliphatic rings. The summed E-state index contributed by atoms with van der Waals surface area (Å²) < 4.78 is 0. The Hall–Kier alpha value is -2.28. The predicted molar refractivity (Wildman–Crippen MR) is 80.3 cm³/mol. The largest absolute Gasteiger partial charge is 0.367 e. The van der Waals surface area contributed by atoms with Gasteiger partial charge in [0, 0.05) is 23.6 Å². The second-order valence-electron chi connectivity index (χ2n) is 5.20. The molecule has 3 rings (SSSR count). The molecule has 2 heterocycles. The third-order valence-corrected chi connectivity index (χ3v) is 3.75. The van der Waals surface area contributed by atoms with Crippen molar-refractivity contribution < 1.29 is 4.92 Å². The molecular weight excluding hydrogens is 270 g/mol. The standard InChI is InChI=1S/C14H17N5O2/c20-19(21)11-3-4-13-12(8-11)14(17-9-16-13)18-10-2-1-6-15-7-5-10/h3-4,8-10,15H,1-2,5-7H2,(H,16,17,18). The highest BCUT2D eigenvalue weighted by Gasteiger charge is 2.15. The normalized spacial score (nSPS) is 19.1. The zero-order valence-electron chi connectivity index (χ0n) is 11.6. The van der Waals surface area contributed by atoms with Crippen molar-refractivity contribution in [2.45, 2.75) is 25.3 Å². The first-order valence-electron chi connectivity index (χ1n) is 7.10.